The second-order valence-electron chi connectivity index (χ2n) is 6.39. The molecule has 2 aliphatic rings. The second kappa shape index (κ2) is 5.78. The zero-order valence-electron chi connectivity index (χ0n) is 13.5. The number of carbonyl (C=O) groups excluding carboxylic acids is 2. The third-order valence-electron chi connectivity index (χ3n) is 5.07. The fourth-order valence-corrected chi connectivity index (χ4v) is 3.83. The summed E-state index contributed by atoms with van der Waals surface area (Å²) < 4.78 is 5.25. The van der Waals surface area contributed by atoms with Crippen LogP contribution in [0.2, 0.25) is 0 Å². The highest BCUT2D eigenvalue weighted by atomic mass is 16.3. The van der Waals surface area contributed by atoms with Crippen LogP contribution in [-0.4, -0.2) is 45.2 Å². The number of furan rings is 1. The van der Waals surface area contributed by atoms with Gasteiger partial charge in [-0.05, 0) is 37.1 Å². The van der Waals surface area contributed by atoms with Crippen LogP contribution in [0, 0.1) is 6.92 Å². The summed E-state index contributed by atoms with van der Waals surface area (Å²) in [6, 6.07) is 5.61. The van der Waals surface area contributed by atoms with Gasteiger partial charge in [-0.1, -0.05) is 0 Å². The van der Waals surface area contributed by atoms with Gasteiger partial charge in [-0.15, -0.1) is 0 Å². The van der Waals surface area contributed by atoms with Gasteiger partial charge in [-0.3, -0.25) is 14.6 Å². The van der Waals surface area contributed by atoms with Crippen molar-refractivity contribution in [3.05, 3.63) is 53.7 Å². The van der Waals surface area contributed by atoms with Crippen molar-refractivity contribution in [2.24, 2.45) is 0 Å². The SMILES string of the molecule is Cc1occc1C(=O)N1CC[C@H]2[C@H]1CC(=O)N2Cc1ccncc1. The van der Waals surface area contributed by atoms with Gasteiger partial charge < -0.3 is 14.2 Å². The van der Waals surface area contributed by atoms with E-state index < -0.39 is 0 Å². The van der Waals surface area contributed by atoms with E-state index in [1.807, 2.05) is 21.9 Å². The average molecular weight is 325 g/mol. The molecule has 2 aliphatic heterocycles. The highest BCUT2D eigenvalue weighted by Crippen LogP contribution is 2.34. The molecule has 6 nitrogen and oxygen atoms in total. The number of aryl methyl sites for hydroxylation is 1. The number of rotatable bonds is 3. The van der Waals surface area contributed by atoms with Crippen molar-refractivity contribution in [2.75, 3.05) is 6.54 Å². The summed E-state index contributed by atoms with van der Waals surface area (Å²) in [4.78, 5) is 33.0. The Bertz CT molecular complexity index is 771. The number of hydrogen-bond acceptors (Lipinski definition) is 4. The Morgan fingerprint density at radius 2 is 2.08 bits per heavy atom. The van der Waals surface area contributed by atoms with Crippen molar-refractivity contribution in [2.45, 2.75) is 38.4 Å². The van der Waals surface area contributed by atoms with Crippen molar-refractivity contribution < 1.29 is 14.0 Å². The predicted molar refractivity (Wildman–Crippen MR) is 86.1 cm³/mol. The van der Waals surface area contributed by atoms with E-state index >= 15 is 0 Å². The normalized spacial score (nSPS) is 23.0. The van der Waals surface area contributed by atoms with E-state index in [1.165, 1.54) is 6.26 Å². The van der Waals surface area contributed by atoms with Crippen LogP contribution in [0.3, 0.4) is 0 Å². The first-order valence-electron chi connectivity index (χ1n) is 8.18. The van der Waals surface area contributed by atoms with Gasteiger partial charge in [0.2, 0.25) is 5.91 Å². The van der Waals surface area contributed by atoms with Gasteiger partial charge in [0, 0.05) is 31.9 Å². The molecule has 0 aliphatic carbocycles. The molecule has 2 fully saturated rings. The maximum Gasteiger partial charge on any atom is 0.257 e. The van der Waals surface area contributed by atoms with E-state index in [4.69, 9.17) is 4.42 Å². The minimum absolute atomic E-state index is 0.0349. The standard InChI is InChI=1S/C18H19N3O3/c1-12-14(5-9-24-12)18(23)20-8-4-15-16(20)10-17(22)21(15)11-13-2-6-19-7-3-13/h2-3,5-7,9,15-16H,4,8,10-11H2,1H3/t15-,16+/m0/s1. The first-order valence-corrected chi connectivity index (χ1v) is 8.18. The van der Waals surface area contributed by atoms with E-state index in [-0.39, 0.29) is 23.9 Å². The molecule has 0 saturated carbocycles. The molecule has 0 N–H and O–H groups in total. The van der Waals surface area contributed by atoms with Gasteiger partial charge in [0.25, 0.3) is 5.91 Å². The third kappa shape index (κ3) is 2.38. The van der Waals surface area contributed by atoms with Crippen LogP contribution in [0.5, 0.6) is 0 Å². The smallest absolute Gasteiger partial charge is 0.257 e. The number of pyridine rings is 1. The fourth-order valence-electron chi connectivity index (χ4n) is 3.83. The summed E-state index contributed by atoms with van der Waals surface area (Å²) in [7, 11) is 0. The Hall–Kier alpha value is -2.63. The first-order chi connectivity index (χ1) is 11.6. The summed E-state index contributed by atoms with van der Waals surface area (Å²) in [6.07, 6.45) is 6.23. The lowest BCUT2D eigenvalue weighted by atomic mass is 10.1. The van der Waals surface area contributed by atoms with Crippen molar-refractivity contribution in [3.63, 3.8) is 0 Å². The van der Waals surface area contributed by atoms with Crippen LogP contribution in [0.25, 0.3) is 0 Å². The average Bonchev–Trinajstić information content (AvgIpc) is 3.26. The van der Waals surface area contributed by atoms with E-state index in [0.29, 0.717) is 30.8 Å². The van der Waals surface area contributed by atoms with Gasteiger partial charge in [-0.25, -0.2) is 0 Å². The highest BCUT2D eigenvalue weighted by Gasteiger charge is 2.48. The Labute approximate surface area is 140 Å². The molecule has 124 valence electrons. The number of likely N-dealkylation sites (tertiary alicyclic amines) is 2. The molecule has 0 radical (unpaired) electrons. The lowest BCUT2D eigenvalue weighted by Crippen LogP contribution is -2.39. The van der Waals surface area contributed by atoms with Gasteiger partial charge in [0.1, 0.15) is 5.76 Å². The van der Waals surface area contributed by atoms with E-state index in [0.717, 1.165) is 12.0 Å². The fraction of sp³-hybridized carbons (Fsp3) is 0.389. The molecule has 2 atom stereocenters. The molecule has 2 amide bonds. The zero-order chi connectivity index (χ0) is 16.7. The first kappa shape index (κ1) is 14.9. The van der Waals surface area contributed by atoms with Crippen molar-refractivity contribution >= 4 is 11.8 Å². The minimum Gasteiger partial charge on any atom is -0.469 e. The number of carbonyl (C=O) groups is 2. The highest BCUT2D eigenvalue weighted by molar-refractivity contribution is 5.96. The van der Waals surface area contributed by atoms with E-state index in [2.05, 4.69) is 4.98 Å². The van der Waals surface area contributed by atoms with Crippen LogP contribution < -0.4 is 0 Å². The van der Waals surface area contributed by atoms with Crippen molar-refractivity contribution in [1.82, 2.24) is 14.8 Å². The maximum absolute atomic E-state index is 12.8. The monoisotopic (exact) mass is 325 g/mol. The minimum atomic E-state index is -0.0406. The number of hydrogen-bond donors (Lipinski definition) is 0. The molecular weight excluding hydrogens is 306 g/mol. The quantitative estimate of drug-likeness (QED) is 0.866. The summed E-state index contributed by atoms with van der Waals surface area (Å²) in [5.74, 6) is 0.706. The lowest BCUT2D eigenvalue weighted by molar-refractivity contribution is -0.129. The molecule has 0 unspecified atom stereocenters. The van der Waals surface area contributed by atoms with Crippen LogP contribution >= 0.6 is 0 Å². The van der Waals surface area contributed by atoms with Gasteiger partial charge in [0.15, 0.2) is 0 Å². The number of aromatic nitrogens is 1. The predicted octanol–water partition coefficient (Wildman–Crippen LogP) is 2.00. The molecule has 4 rings (SSSR count). The molecule has 0 spiro atoms. The maximum atomic E-state index is 12.8. The topological polar surface area (TPSA) is 66.7 Å². The molecular formula is C18H19N3O3. The summed E-state index contributed by atoms with van der Waals surface area (Å²) in [5.41, 5.74) is 1.66. The van der Waals surface area contributed by atoms with Gasteiger partial charge in [-0.2, -0.15) is 0 Å². The zero-order valence-corrected chi connectivity index (χ0v) is 13.5. The number of amides is 2. The van der Waals surface area contributed by atoms with Crippen molar-refractivity contribution in [3.8, 4) is 0 Å². The Kier molecular flexibility index (Phi) is 3.59. The van der Waals surface area contributed by atoms with Crippen LogP contribution in [0.1, 0.15) is 34.5 Å². The van der Waals surface area contributed by atoms with E-state index in [1.54, 1.807) is 25.4 Å². The molecule has 2 aromatic rings. The molecule has 24 heavy (non-hydrogen) atoms. The number of nitrogens with zero attached hydrogens (tertiary/aromatic N) is 3. The largest absolute Gasteiger partial charge is 0.469 e. The summed E-state index contributed by atoms with van der Waals surface area (Å²) in [5, 5.41) is 0. The van der Waals surface area contributed by atoms with E-state index in [9.17, 15) is 9.59 Å². The molecule has 2 saturated heterocycles. The summed E-state index contributed by atoms with van der Waals surface area (Å²) in [6.45, 7) is 3.05. The Morgan fingerprint density at radius 1 is 1.29 bits per heavy atom. The molecule has 2 aromatic heterocycles. The summed E-state index contributed by atoms with van der Waals surface area (Å²) >= 11 is 0. The molecule has 0 aromatic carbocycles. The van der Waals surface area contributed by atoms with Crippen LogP contribution in [0.4, 0.5) is 0 Å². The molecule has 0 bridgehead atoms. The lowest BCUT2D eigenvalue weighted by Gasteiger charge is -2.25. The molecule has 4 heterocycles. The van der Waals surface area contributed by atoms with Crippen LogP contribution in [0.15, 0.2) is 41.3 Å². The number of fused-ring (bicyclic) bond motifs is 1. The second-order valence-corrected chi connectivity index (χ2v) is 6.39. The van der Waals surface area contributed by atoms with Gasteiger partial charge in [0.05, 0.1) is 23.9 Å². The van der Waals surface area contributed by atoms with Crippen LogP contribution in [-0.2, 0) is 11.3 Å². The van der Waals surface area contributed by atoms with Gasteiger partial charge >= 0.3 is 0 Å². The Morgan fingerprint density at radius 3 is 2.79 bits per heavy atom. The Balaban J connectivity index is 1.53. The third-order valence-corrected chi connectivity index (χ3v) is 5.07. The van der Waals surface area contributed by atoms with Crippen molar-refractivity contribution in [1.29, 1.82) is 0 Å². The molecule has 6 heteroatoms.